The fourth-order valence-corrected chi connectivity index (χ4v) is 2.13. The molecule has 0 aromatic carbocycles. The molecule has 1 aromatic rings. The van der Waals surface area contributed by atoms with Gasteiger partial charge in [0.15, 0.2) is 0 Å². The van der Waals surface area contributed by atoms with E-state index in [1.165, 1.54) is 0 Å². The van der Waals surface area contributed by atoms with Crippen LogP contribution in [0.1, 0.15) is 42.4 Å². The lowest BCUT2D eigenvalue weighted by atomic mass is 10.1. The minimum Gasteiger partial charge on any atom is -0.481 e. The maximum atomic E-state index is 12.3. The molecule has 0 bridgehead atoms. The van der Waals surface area contributed by atoms with Crippen molar-refractivity contribution in [2.24, 2.45) is 0 Å². The normalized spacial score (nSPS) is 19.4. The third-order valence-electron chi connectivity index (χ3n) is 3.27. The molecule has 1 saturated heterocycles. The standard InChI is InChI=1S/C13H19N3O4/c1-8(2)10-6-11(15-14-10)13(19)16-3-4-20-9(7-16)5-12(17)18/h6,8-9H,3-5,7H2,1-2H3,(H,14,15)(H,17,18)/t9-/m0/s1. The lowest BCUT2D eigenvalue weighted by molar-refractivity contribution is -0.141. The van der Waals surface area contributed by atoms with Crippen molar-refractivity contribution in [3.05, 3.63) is 17.5 Å². The predicted octanol–water partition coefficient (Wildman–Crippen LogP) is 0.849. The lowest BCUT2D eigenvalue weighted by Gasteiger charge is -2.31. The molecule has 0 radical (unpaired) electrons. The number of hydrogen-bond donors (Lipinski definition) is 2. The molecule has 0 spiro atoms. The van der Waals surface area contributed by atoms with E-state index in [-0.39, 0.29) is 24.8 Å². The number of carbonyl (C=O) groups excluding carboxylic acids is 1. The number of nitrogens with zero attached hydrogens (tertiary/aromatic N) is 2. The SMILES string of the molecule is CC(C)c1cc(C(=O)N2CCO[C@@H](CC(=O)O)C2)n[nH]1. The van der Waals surface area contributed by atoms with Gasteiger partial charge in [0.1, 0.15) is 5.69 Å². The van der Waals surface area contributed by atoms with Gasteiger partial charge in [0, 0.05) is 18.8 Å². The lowest BCUT2D eigenvalue weighted by Crippen LogP contribution is -2.46. The van der Waals surface area contributed by atoms with Crippen molar-refractivity contribution >= 4 is 11.9 Å². The van der Waals surface area contributed by atoms with Gasteiger partial charge in [-0.25, -0.2) is 0 Å². The van der Waals surface area contributed by atoms with Gasteiger partial charge in [0.2, 0.25) is 0 Å². The van der Waals surface area contributed by atoms with Crippen LogP contribution in [0.25, 0.3) is 0 Å². The maximum Gasteiger partial charge on any atom is 0.306 e. The third kappa shape index (κ3) is 3.36. The number of carboxylic acid groups (broad SMARTS) is 1. The van der Waals surface area contributed by atoms with E-state index in [0.717, 1.165) is 5.69 Å². The van der Waals surface area contributed by atoms with Crippen LogP contribution in [0.4, 0.5) is 0 Å². The number of aliphatic carboxylic acids is 1. The molecule has 110 valence electrons. The summed E-state index contributed by atoms with van der Waals surface area (Å²) in [7, 11) is 0. The zero-order valence-electron chi connectivity index (χ0n) is 11.6. The van der Waals surface area contributed by atoms with Gasteiger partial charge in [-0.15, -0.1) is 0 Å². The highest BCUT2D eigenvalue weighted by Crippen LogP contribution is 2.15. The molecule has 1 aromatic heterocycles. The van der Waals surface area contributed by atoms with Crippen molar-refractivity contribution in [1.82, 2.24) is 15.1 Å². The monoisotopic (exact) mass is 281 g/mol. The second-order valence-corrected chi connectivity index (χ2v) is 5.21. The van der Waals surface area contributed by atoms with Gasteiger partial charge < -0.3 is 14.7 Å². The van der Waals surface area contributed by atoms with Crippen LogP contribution >= 0.6 is 0 Å². The Labute approximate surface area is 116 Å². The van der Waals surface area contributed by atoms with Crippen molar-refractivity contribution < 1.29 is 19.4 Å². The molecule has 1 atom stereocenters. The van der Waals surface area contributed by atoms with Crippen molar-refractivity contribution in [3.8, 4) is 0 Å². The smallest absolute Gasteiger partial charge is 0.306 e. The topological polar surface area (TPSA) is 95.5 Å². The second-order valence-electron chi connectivity index (χ2n) is 5.21. The summed E-state index contributed by atoms with van der Waals surface area (Å²) in [5, 5.41) is 15.6. The highest BCUT2D eigenvalue weighted by atomic mass is 16.5. The van der Waals surface area contributed by atoms with Crippen LogP contribution in [0.2, 0.25) is 0 Å². The average molecular weight is 281 g/mol. The minimum atomic E-state index is -0.925. The Balaban J connectivity index is 2.02. The number of aromatic amines is 1. The number of rotatable bonds is 4. The van der Waals surface area contributed by atoms with E-state index in [1.807, 2.05) is 13.8 Å². The molecule has 1 fully saturated rings. The molecule has 0 aliphatic carbocycles. The van der Waals surface area contributed by atoms with Crippen molar-refractivity contribution in [2.45, 2.75) is 32.3 Å². The van der Waals surface area contributed by atoms with Crippen molar-refractivity contribution in [2.75, 3.05) is 19.7 Å². The summed E-state index contributed by atoms with van der Waals surface area (Å²) in [5.41, 5.74) is 1.27. The first-order valence-electron chi connectivity index (χ1n) is 6.65. The molecule has 0 unspecified atom stereocenters. The van der Waals surface area contributed by atoms with Crippen LogP contribution in [-0.4, -0.2) is 57.9 Å². The fraction of sp³-hybridized carbons (Fsp3) is 0.615. The van der Waals surface area contributed by atoms with E-state index in [0.29, 0.717) is 18.8 Å². The molecule has 1 aliphatic rings. The molecule has 7 nitrogen and oxygen atoms in total. The highest BCUT2D eigenvalue weighted by Gasteiger charge is 2.27. The minimum absolute atomic E-state index is 0.0956. The molecule has 2 heterocycles. The van der Waals surface area contributed by atoms with E-state index >= 15 is 0 Å². The average Bonchev–Trinajstić information content (AvgIpc) is 2.87. The summed E-state index contributed by atoms with van der Waals surface area (Å²) in [6, 6.07) is 1.74. The maximum absolute atomic E-state index is 12.3. The Hall–Kier alpha value is -1.89. The predicted molar refractivity (Wildman–Crippen MR) is 70.6 cm³/mol. The number of amides is 1. The van der Waals surface area contributed by atoms with Crippen LogP contribution in [0.5, 0.6) is 0 Å². The van der Waals surface area contributed by atoms with Crippen LogP contribution in [0, 0.1) is 0 Å². The molecule has 0 saturated carbocycles. The Morgan fingerprint density at radius 1 is 1.60 bits per heavy atom. The van der Waals surface area contributed by atoms with E-state index in [1.54, 1.807) is 11.0 Å². The van der Waals surface area contributed by atoms with E-state index in [4.69, 9.17) is 9.84 Å². The molecular formula is C13H19N3O4. The van der Waals surface area contributed by atoms with E-state index < -0.39 is 12.1 Å². The summed E-state index contributed by atoms with van der Waals surface area (Å²) in [4.78, 5) is 24.6. The molecule has 1 aliphatic heterocycles. The molecule has 2 N–H and O–H groups in total. The Morgan fingerprint density at radius 2 is 2.35 bits per heavy atom. The van der Waals surface area contributed by atoms with Crippen LogP contribution < -0.4 is 0 Å². The summed E-state index contributed by atoms with van der Waals surface area (Å²) >= 11 is 0. The number of carboxylic acids is 1. The summed E-state index contributed by atoms with van der Waals surface area (Å²) in [5.74, 6) is -0.841. The van der Waals surface area contributed by atoms with E-state index in [2.05, 4.69) is 10.2 Å². The summed E-state index contributed by atoms with van der Waals surface area (Å²) in [6.45, 7) is 5.12. The third-order valence-corrected chi connectivity index (χ3v) is 3.27. The number of ether oxygens (including phenoxy) is 1. The van der Waals surface area contributed by atoms with Crippen LogP contribution in [0.3, 0.4) is 0 Å². The van der Waals surface area contributed by atoms with Gasteiger partial charge in [-0.1, -0.05) is 13.8 Å². The molecule has 2 rings (SSSR count). The fourth-order valence-electron chi connectivity index (χ4n) is 2.13. The first-order valence-corrected chi connectivity index (χ1v) is 6.65. The van der Waals surface area contributed by atoms with Crippen LogP contribution in [-0.2, 0) is 9.53 Å². The number of aromatic nitrogens is 2. The number of carbonyl (C=O) groups is 2. The van der Waals surface area contributed by atoms with Gasteiger partial charge in [-0.3, -0.25) is 14.7 Å². The first-order chi connectivity index (χ1) is 9.47. The van der Waals surface area contributed by atoms with Gasteiger partial charge in [0.25, 0.3) is 5.91 Å². The highest BCUT2D eigenvalue weighted by molar-refractivity contribution is 5.92. The molecule has 7 heteroatoms. The van der Waals surface area contributed by atoms with Gasteiger partial charge in [-0.2, -0.15) is 5.10 Å². The molecular weight excluding hydrogens is 262 g/mol. The Bertz CT molecular complexity index is 498. The van der Waals surface area contributed by atoms with Gasteiger partial charge in [-0.05, 0) is 12.0 Å². The number of hydrogen-bond acceptors (Lipinski definition) is 4. The number of morpholine rings is 1. The summed E-state index contributed by atoms with van der Waals surface area (Å²) < 4.78 is 5.35. The van der Waals surface area contributed by atoms with Crippen molar-refractivity contribution in [3.63, 3.8) is 0 Å². The summed E-state index contributed by atoms with van der Waals surface area (Å²) in [6.07, 6.45) is -0.546. The first kappa shape index (κ1) is 14.5. The zero-order valence-corrected chi connectivity index (χ0v) is 11.6. The van der Waals surface area contributed by atoms with Gasteiger partial charge >= 0.3 is 5.97 Å². The van der Waals surface area contributed by atoms with Crippen molar-refractivity contribution in [1.29, 1.82) is 0 Å². The number of H-pyrrole nitrogens is 1. The second kappa shape index (κ2) is 6.04. The largest absolute Gasteiger partial charge is 0.481 e. The zero-order chi connectivity index (χ0) is 14.7. The Morgan fingerprint density at radius 3 is 2.95 bits per heavy atom. The number of nitrogens with one attached hydrogen (secondary N) is 1. The van der Waals surface area contributed by atoms with E-state index in [9.17, 15) is 9.59 Å². The molecule has 20 heavy (non-hydrogen) atoms. The quantitative estimate of drug-likeness (QED) is 0.853. The van der Waals surface area contributed by atoms with Crippen LogP contribution in [0.15, 0.2) is 6.07 Å². The Kier molecular flexibility index (Phi) is 4.39. The molecule has 1 amide bonds. The van der Waals surface area contributed by atoms with Gasteiger partial charge in [0.05, 0.1) is 19.1 Å².